The number of aryl methyl sites for hydroxylation is 1. The van der Waals surface area contributed by atoms with E-state index in [1.165, 1.54) is 0 Å². The van der Waals surface area contributed by atoms with Gasteiger partial charge in [-0.3, -0.25) is 9.59 Å². The van der Waals surface area contributed by atoms with Crippen LogP contribution in [0.5, 0.6) is 0 Å². The SMILES string of the molecule is Cc1ccccc1CNC(=O)C(C)(C)C(=O)N1CCCC(C)C1. The Bertz CT molecular complexity index is 580. The van der Waals surface area contributed by atoms with Gasteiger partial charge < -0.3 is 10.2 Å². The third kappa shape index (κ3) is 4.12. The van der Waals surface area contributed by atoms with Gasteiger partial charge in [-0.2, -0.15) is 0 Å². The topological polar surface area (TPSA) is 49.4 Å². The van der Waals surface area contributed by atoms with Gasteiger partial charge in [0.15, 0.2) is 0 Å². The first-order chi connectivity index (χ1) is 10.8. The molecule has 0 radical (unpaired) electrons. The molecule has 4 nitrogen and oxygen atoms in total. The zero-order valence-electron chi connectivity index (χ0n) is 14.7. The number of benzene rings is 1. The number of hydrogen-bond acceptors (Lipinski definition) is 2. The highest BCUT2D eigenvalue weighted by atomic mass is 16.2. The summed E-state index contributed by atoms with van der Waals surface area (Å²) in [5.74, 6) is 0.244. The molecule has 0 saturated carbocycles. The van der Waals surface area contributed by atoms with Gasteiger partial charge in [-0.15, -0.1) is 0 Å². The Kier molecular flexibility index (Phi) is 5.45. The Morgan fingerprint density at radius 3 is 2.65 bits per heavy atom. The second-order valence-electron chi connectivity index (χ2n) is 7.23. The van der Waals surface area contributed by atoms with Crippen molar-refractivity contribution in [3.63, 3.8) is 0 Å². The number of carbonyl (C=O) groups is 2. The van der Waals surface area contributed by atoms with Gasteiger partial charge in [-0.05, 0) is 50.7 Å². The fourth-order valence-corrected chi connectivity index (χ4v) is 3.07. The molecule has 1 unspecified atom stereocenters. The first-order valence-electron chi connectivity index (χ1n) is 8.44. The van der Waals surface area contributed by atoms with Gasteiger partial charge in [0.1, 0.15) is 5.41 Å². The van der Waals surface area contributed by atoms with E-state index in [2.05, 4.69) is 12.2 Å². The number of amides is 2. The molecule has 0 spiro atoms. The van der Waals surface area contributed by atoms with Gasteiger partial charge in [0.05, 0.1) is 0 Å². The number of nitrogens with one attached hydrogen (secondary N) is 1. The Morgan fingerprint density at radius 2 is 2.00 bits per heavy atom. The van der Waals surface area contributed by atoms with Crippen LogP contribution in [-0.2, 0) is 16.1 Å². The predicted octanol–water partition coefficient (Wildman–Crippen LogP) is 2.90. The molecular formula is C19H28N2O2. The summed E-state index contributed by atoms with van der Waals surface area (Å²) in [5, 5.41) is 2.92. The Balaban J connectivity index is 1.99. The van der Waals surface area contributed by atoms with E-state index in [0.29, 0.717) is 12.5 Å². The maximum absolute atomic E-state index is 12.8. The minimum atomic E-state index is -1.03. The molecule has 1 fully saturated rings. The van der Waals surface area contributed by atoms with Crippen molar-refractivity contribution >= 4 is 11.8 Å². The quantitative estimate of drug-likeness (QED) is 0.868. The maximum atomic E-state index is 12.8. The highest BCUT2D eigenvalue weighted by Crippen LogP contribution is 2.24. The lowest BCUT2D eigenvalue weighted by Gasteiger charge is -2.36. The highest BCUT2D eigenvalue weighted by molar-refractivity contribution is 6.04. The average molecular weight is 316 g/mol. The zero-order chi connectivity index (χ0) is 17.0. The lowest BCUT2D eigenvalue weighted by molar-refractivity contribution is -0.149. The zero-order valence-corrected chi connectivity index (χ0v) is 14.7. The van der Waals surface area contributed by atoms with Crippen LogP contribution >= 0.6 is 0 Å². The van der Waals surface area contributed by atoms with E-state index in [0.717, 1.165) is 37.1 Å². The first-order valence-corrected chi connectivity index (χ1v) is 8.44. The summed E-state index contributed by atoms with van der Waals surface area (Å²) in [6, 6.07) is 7.95. The molecule has 0 aromatic heterocycles. The van der Waals surface area contributed by atoms with Crippen molar-refractivity contribution < 1.29 is 9.59 Å². The predicted molar refractivity (Wildman–Crippen MR) is 91.8 cm³/mol. The summed E-state index contributed by atoms with van der Waals surface area (Å²) in [7, 11) is 0. The van der Waals surface area contributed by atoms with Gasteiger partial charge in [-0.25, -0.2) is 0 Å². The van der Waals surface area contributed by atoms with Crippen LogP contribution in [0.15, 0.2) is 24.3 Å². The molecular weight excluding hydrogens is 288 g/mol. The molecule has 1 aromatic carbocycles. The van der Waals surface area contributed by atoms with Crippen molar-refractivity contribution in [3.8, 4) is 0 Å². The molecule has 1 aliphatic rings. The fraction of sp³-hybridized carbons (Fsp3) is 0.579. The molecule has 4 heteroatoms. The molecule has 1 aliphatic heterocycles. The fourth-order valence-electron chi connectivity index (χ4n) is 3.07. The largest absolute Gasteiger partial charge is 0.351 e. The molecule has 23 heavy (non-hydrogen) atoms. The molecule has 126 valence electrons. The van der Waals surface area contributed by atoms with Gasteiger partial charge in [0.25, 0.3) is 0 Å². The van der Waals surface area contributed by atoms with Crippen molar-refractivity contribution in [1.82, 2.24) is 10.2 Å². The number of rotatable bonds is 4. The average Bonchev–Trinajstić information content (AvgIpc) is 2.53. The van der Waals surface area contributed by atoms with Crippen LogP contribution in [-0.4, -0.2) is 29.8 Å². The van der Waals surface area contributed by atoms with Crippen LogP contribution in [0.1, 0.15) is 44.7 Å². The van der Waals surface area contributed by atoms with Gasteiger partial charge in [0, 0.05) is 19.6 Å². The van der Waals surface area contributed by atoms with Crippen molar-refractivity contribution in [2.24, 2.45) is 11.3 Å². The third-order valence-corrected chi connectivity index (χ3v) is 4.75. The van der Waals surface area contributed by atoms with Crippen LogP contribution in [0.25, 0.3) is 0 Å². The van der Waals surface area contributed by atoms with Gasteiger partial charge in [0.2, 0.25) is 11.8 Å². The van der Waals surface area contributed by atoms with E-state index in [9.17, 15) is 9.59 Å². The van der Waals surface area contributed by atoms with Crippen molar-refractivity contribution in [2.75, 3.05) is 13.1 Å². The molecule has 2 amide bonds. The number of nitrogens with zero attached hydrogens (tertiary/aromatic N) is 1. The van der Waals surface area contributed by atoms with E-state index in [-0.39, 0.29) is 11.8 Å². The summed E-state index contributed by atoms with van der Waals surface area (Å²) in [6.07, 6.45) is 2.18. The number of carbonyl (C=O) groups excluding carboxylic acids is 2. The minimum Gasteiger partial charge on any atom is -0.351 e. The van der Waals surface area contributed by atoms with Crippen LogP contribution < -0.4 is 5.32 Å². The highest BCUT2D eigenvalue weighted by Gasteiger charge is 2.39. The van der Waals surface area contributed by atoms with Crippen LogP contribution in [0.2, 0.25) is 0 Å². The monoisotopic (exact) mass is 316 g/mol. The van der Waals surface area contributed by atoms with Gasteiger partial charge in [-0.1, -0.05) is 31.2 Å². The van der Waals surface area contributed by atoms with Crippen molar-refractivity contribution in [2.45, 2.75) is 47.1 Å². The standard InChI is InChI=1S/C19H28N2O2/c1-14-8-7-11-21(13-14)18(23)19(3,4)17(22)20-12-16-10-6-5-9-15(16)2/h5-6,9-10,14H,7-8,11-13H2,1-4H3,(H,20,22). The van der Waals surface area contributed by atoms with Crippen LogP contribution in [0.3, 0.4) is 0 Å². The third-order valence-electron chi connectivity index (χ3n) is 4.75. The number of piperidine rings is 1. The van der Waals surface area contributed by atoms with E-state index in [4.69, 9.17) is 0 Å². The van der Waals surface area contributed by atoms with Gasteiger partial charge >= 0.3 is 0 Å². The first kappa shape index (κ1) is 17.5. The summed E-state index contributed by atoms with van der Waals surface area (Å²) >= 11 is 0. The Labute approximate surface area is 139 Å². The molecule has 0 bridgehead atoms. The molecule has 1 heterocycles. The summed E-state index contributed by atoms with van der Waals surface area (Å²) < 4.78 is 0. The summed E-state index contributed by atoms with van der Waals surface area (Å²) in [5.41, 5.74) is 1.19. The van der Waals surface area contributed by atoms with E-state index in [1.807, 2.05) is 36.1 Å². The lowest BCUT2D eigenvalue weighted by atomic mass is 9.88. The molecule has 2 rings (SSSR count). The second kappa shape index (κ2) is 7.16. The maximum Gasteiger partial charge on any atom is 0.237 e. The molecule has 1 aromatic rings. The second-order valence-corrected chi connectivity index (χ2v) is 7.23. The summed E-state index contributed by atoms with van der Waals surface area (Å²) in [6.45, 7) is 9.60. The lowest BCUT2D eigenvalue weighted by Crippen LogP contribution is -2.51. The Hall–Kier alpha value is -1.84. The molecule has 1 atom stereocenters. The van der Waals surface area contributed by atoms with Crippen LogP contribution in [0, 0.1) is 18.3 Å². The molecule has 1 N–H and O–H groups in total. The van der Waals surface area contributed by atoms with Crippen molar-refractivity contribution in [1.29, 1.82) is 0 Å². The smallest absolute Gasteiger partial charge is 0.237 e. The minimum absolute atomic E-state index is 0.0636. The Morgan fingerprint density at radius 1 is 1.30 bits per heavy atom. The van der Waals surface area contributed by atoms with E-state index in [1.54, 1.807) is 13.8 Å². The number of hydrogen-bond donors (Lipinski definition) is 1. The molecule has 1 saturated heterocycles. The van der Waals surface area contributed by atoms with E-state index < -0.39 is 5.41 Å². The van der Waals surface area contributed by atoms with Crippen LogP contribution in [0.4, 0.5) is 0 Å². The normalized spacial score (nSPS) is 18.6. The number of likely N-dealkylation sites (tertiary alicyclic amines) is 1. The van der Waals surface area contributed by atoms with Crippen molar-refractivity contribution in [3.05, 3.63) is 35.4 Å². The molecule has 0 aliphatic carbocycles. The summed E-state index contributed by atoms with van der Waals surface area (Å²) in [4.78, 5) is 27.2. The van der Waals surface area contributed by atoms with E-state index >= 15 is 0 Å².